The van der Waals surface area contributed by atoms with Crippen molar-refractivity contribution in [2.24, 2.45) is 0 Å². The highest BCUT2D eigenvalue weighted by Crippen LogP contribution is 2.42. The van der Waals surface area contributed by atoms with Gasteiger partial charge in [-0.3, -0.25) is 0 Å². The molecule has 0 radical (unpaired) electrons. The molecule has 4 heteroatoms. The van der Waals surface area contributed by atoms with Crippen molar-refractivity contribution in [1.82, 2.24) is 4.40 Å². The lowest BCUT2D eigenvalue weighted by atomic mass is 10.1. The zero-order valence-electron chi connectivity index (χ0n) is 17.2. The highest BCUT2D eigenvalue weighted by Gasteiger charge is 2.44. The van der Waals surface area contributed by atoms with Gasteiger partial charge in [-0.1, -0.05) is 53.5 Å². The first-order valence-electron chi connectivity index (χ1n) is 9.62. The first-order chi connectivity index (χ1) is 12.2. The van der Waals surface area contributed by atoms with Crippen LogP contribution in [0.4, 0.5) is 0 Å². The minimum atomic E-state index is -1.90. The van der Waals surface area contributed by atoms with E-state index in [1.165, 1.54) is 0 Å². The molecule has 0 saturated carbocycles. The molecule has 0 saturated heterocycles. The second kappa shape index (κ2) is 8.43. The third kappa shape index (κ3) is 3.90. The van der Waals surface area contributed by atoms with Crippen molar-refractivity contribution in [2.45, 2.75) is 71.2 Å². The van der Waals surface area contributed by atoms with Crippen LogP contribution in [0.3, 0.4) is 0 Å². The van der Waals surface area contributed by atoms with Gasteiger partial charge >= 0.3 is 0 Å². The maximum Gasteiger partial charge on any atom is 0.201 e. The molecule has 1 N–H and O–H groups in total. The van der Waals surface area contributed by atoms with Crippen LogP contribution in [0.15, 0.2) is 30.5 Å². The molecule has 0 spiro atoms. The molecule has 0 aromatic carbocycles. The average molecular weight is 372 g/mol. The SMILES string of the molecule is CC(O)c1cc2ccccn2c1C#CCO[Si](C(C)C)(C(C)C)C(C)C. The Balaban J connectivity index is 2.30. The molecule has 0 amide bonds. The highest BCUT2D eigenvalue weighted by molar-refractivity contribution is 6.77. The molecule has 0 aliphatic rings. The van der Waals surface area contributed by atoms with Crippen molar-refractivity contribution in [3.63, 3.8) is 0 Å². The first kappa shape index (κ1) is 20.8. The van der Waals surface area contributed by atoms with Crippen LogP contribution < -0.4 is 0 Å². The second-order valence-corrected chi connectivity index (χ2v) is 13.5. The second-order valence-electron chi connectivity index (χ2n) is 8.03. The fraction of sp³-hybridized carbons (Fsp3) is 0.545. The lowest BCUT2D eigenvalue weighted by Gasteiger charge is -2.41. The summed E-state index contributed by atoms with van der Waals surface area (Å²) in [6, 6.07) is 8.01. The summed E-state index contributed by atoms with van der Waals surface area (Å²) < 4.78 is 8.55. The Bertz CT molecular complexity index is 772. The molecule has 142 valence electrons. The smallest absolute Gasteiger partial charge is 0.201 e. The van der Waals surface area contributed by atoms with E-state index < -0.39 is 14.4 Å². The van der Waals surface area contributed by atoms with Gasteiger partial charge < -0.3 is 13.9 Å². The molecule has 2 heterocycles. The summed E-state index contributed by atoms with van der Waals surface area (Å²) in [5.74, 6) is 6.48. The number of fused-ring (bicyclic) bond motifs is 1. The number of rotatable bonds is 6. The van der Waals surface area contributed by atoms with Crippen LogP contribution >= 0.6 is 0 Å². The van der Waals surface area contributed by atoms with Crippen LogP contribution in [0.5, 0.6) is 0 Å². The number of aliphatic hydroxyl groups is 1. The number of pyridine rings is 1. The molecule has 1 unspecified atom stereocenters. The maximum absolute atomic E-state index is 10.1. The van der Waals surface area contributed by atoms with Gasteiger partial charge in [0.2, 0.25) is 8.32 Å². The maximum atomic E-state index is 10.1. The molecule has 3 nitrogen and oxygen atoms in total. The number of hydrogen-bond donors (Lipinski definition) is 1. The molecule has 2 rings (SSSR count). The minimum Gasteiger partial charge on any atom is -0.405 e. The minimum absolute atomic E-state index is 0.445. The third-order valence-corrected chi connectivity index (χ3v) is 11.5. The Morgan fingerprint density at radius 3 is 2.19 bits per heavy atom. The molecule has 0 bridgehead atoms. The molecular formula is C22H33NO2Si. The molecule has 0 fully saturated rings. The predicted molar refractivity (Wildman–Crippen MR) is 112 cm³/mol. The summed E-state index contributed by atoms with van der Waals surface area (Å²) in [5, 5.41) is 10.1. The molecule has 2 aromatic heterocycles. The van der Waals surface area contributed by atoms with E-state index >= 15 is 0 Å². The van der Waals surface area contributed by atoms with Crippen molar-refractivity contribution in [2.75, 3.05) is 6.61 Å². The van der Waals surface area contributed by atoms with Crippen molar-refractivity contribution < 1.29 is 9.53 Å². The molecule has 1 atom stereocenters. The van der Waals surface area contributed by atoms with Crippen molar-refractivity contribution >= 4 is 13.8 Å². The van der Waals surface area contributed by atoms with Crippen LogP contribution in [0.2, 0.25) is 16.6 Å². The summed E-state index contributed by atoms with van der Waals surface area (Å²) in [6.07, 6.45) is 1.44. The van der Waals surface area contributed by atoms with E-state index in [1.54, 1.807) is 6.92 Å². The Morgan fingerprint density at radius 2 is 1.65 bits per heavy atom. The normalized spacial score (nSPS) is 13.5. The summed E-state index contributed by atoms with van der Waals surface area (Å²) in [5.41, 5.74) is 4.40. The quantitative estimate of drug-likeness (QED) is 0.534. The topological polar surface area (TPSA) is 33.9 Å². The Morgan fingerprint density at radius 1 is 1.04 bits per heavy atom. The van der Waals surface area contributed by atoms with Crippen LogP contribution in [0.1, 0.15) is 65.8 Å². The van der Waals surface area contributed by atoms with E-state index in [-0.39, 0.29) is 0 Å². The fourth-order valence-electron chi connectivity index (χ4n) is 4.38. The van der Waals surface area contributed by atoms with Crippen LogP contribution in [0.25, 0.3) is 5.52 Å². The van der Waals surface area contributed by atoms with E-state index in [4.69, 9.17) is 4.43 Å². The highest BCUT2D eigenvalue weighted by atomic mass is 28.4. The van der Waals surface area contributed by atoms with Crippen LogP contribution in [-0.2, 0) is 4.43 Å². The van der Waals surface area contributed by atoms with Gasteiger partial charge in [0.25, 0.3) is 0 Å². The van der Waals surface area contributed by atoms with Gasteiger partial charge in [-0.15, -0.1) is 0 Å². The Kier molecular flexibility index (Phi) is 6.73. The monoisotopic (exact) mass is 371 g/mol. The van der Waals surface area contributed by atoms with Gasteiger partial charge in [0, 0.05) is 17.3 Å². The van der Waals surface area contributed by atoms with Crippen LogP contribution in [0, 0.1) is 11.8 Å². The van der Waals surface area contributed by atoms with E-state index in [9.17, 15) is 5.11 Å². The van der Waals surface area contributed by atoms with Gasteiger partial charge in [-0.25, -0.2) is 0 Å². The van der Waals surface area contributed by atoms with E-state index in [1.807, 2.05) is 34.9 Å². The van der Waals surface area contributed by atoms with E-state index in [0.717, 1.165) is 16.8 Å². The zero-order chi connectivity index (χ0) is 19.5. The molecular weight excluding hydrogens is 338 g/mol. The Labute approximate surface area is 159 Å². The molecule has 0 aliphatic carbocycles. The number of nitrogens with zero attached hydrogens (tertiary/aromatic N) is 1. The third-order valence-electron chi connectivity index (χ3n) is 5.47. The summed E-state index contributed by atoms with van der Waals surface area (Å²) in [6.45, 7) is 15.9. The Hall–Kier alpha value is -1.54. The largest absolute Gasteiger partial charge is 0.405 e. The van der Waals surface area contributed by atoms with Gasteiger partial charge in [-0.05, 0) is 47.7 Å². The van der Waals surface area contributed by atoms with Crippen molar-refractivity contribution in [3.8, 4) is 11.8 Å². The lowest BCUT2D eigenvalue weighted by molar-refractivity contribution is 0.199. The molecule has 26 heavy (non-hydrogen) atoms. The van der Waals surface area contributed by atoms with Gasteiger partial charge in [-0.2, -0.15) is 0 Å². The number of hydrogen-bond acceptors (Lipinski definition) is 2. The summed E-state index contributed by atoms with van der Waals surface area (Å²) in [4.78, 5) is 0. The first-order valence-corrected chi connectivity index (χ1v) is 11.8. The number of aromatic nitrogens is 1. The molecule has 2 aromatic rings. The average Bonchev–Trinajstić information content (AvgIpc) is 2.93. The number of aliphatic hydroxyl groups excluding tert-OH is 1. The zero-order valence-corrected chi connectivity index (χ0v) is 18.2. The lowest BCUT2D eigenvalue weighted by Crippen LogP contribution is -2.47. The predicted octanol–water partition coefficient (Wildman–Crippen LogP) is 5.54. The van der Waals surface area contributed by atoms with Crippen LogP contribution in [-0.4, -0.2) is 24.4 Å². The van der Waals surface area contributed by atoms with E-state index in [2.05, 4.69) is 53.4 Å². The fourth-order valence-corrected chi connectivity index (χ4v) is 9.70. The standard InChI is InChI=1S/C22H33NO2Si/c1-16(2)26(17(3)4,18(5)6)25-14-10-12-22-21(19(7)24)15-20-11-8-9-13-23(20)22/h8-9,11,13,15-19,24H,14H2,1-7H3. The molecule has 0 aliphatic heterocycles. The van der Waals surface area contributed by atoms with Gasteiger partial charge in [0.05, 0.1) is 12.7 Å². The van der Waals surface area contributed by atoms with Gasteiger partial charge in [0.15, 0.2) is 0 Å². The van der Waals surface area contributed by atoms with E-state index in [0.29, 0.717) is 23.2 Å². The summed E-state index contributed by atoms with van der Waals surface area (Å²) in [7, 11) is -1.90. The summed E-state index contributed by atoms with van der Waals surface area (Å²) >= 11 is 0. The van der Waals surface area contributed by atoms with Crippen molar-refractivity contribution in [3.05, 3.63) is 41.7 Å². The van der Waals surface area contributed by atoms with Gasteiger partial charge in [0.1, 0.15) is 5.69 Å². The van der Waals surface area contributed by atoms with Crippen molar-refractivity contribution in [1.29, 1.82) is 0 Å².